The van der Waals surface area contributed by atoms with Gasteiger partial charge < -0.3 is 16.5 Å². The molecule has 7 heteroatoms. The largest absolute Gasteiger partial charge is 0.368 e. The van der Waals surface area contributed by atoms with E-state index in [-0.39, 0.29) is 5.95 Å². The van der Waals surface area contributed by atoms with Gasteiger partial charge in [0.25, 0.3) is 0 Å². The molecule has 0 bridgehead atoms. The number of aromatic nitrogens is 3. The third kappa shape index (κ3) is 3.02. The molecule has 0 radical (unpaired) electrons. The number of nitrogens with one attached hydrogen (secondary N) is 2. The summed E-state index contributed by atoms with van der Waals surface area (Å²) in [5.74, 6) is 6.49. The van der Waals surface area contributed by atoms with Gasteiger partial charge in [-0.3, -0.25) is 4.98 Å². The second-order valence-electron chi connectivity index (χ2n) is 3.36. The minimum atomic E-state index is 0.161. The van der Waals surface area contributed by atoms with Crippen molar-refractivity contribution in [3.63, 3.8) is 0 Å². The molecule has 0 saturated heterocycles. The van der Waals surface area contributed by atoms with E-state index in [4.69, 9.17) is 11.6 Å². The number of nitrogen functional groups attached to an aromatic ring is 2. The molecule has 0 amide bonds. The Balaban J connectivity index is 2.06. The molecule has 6 N–H and O–H groups in total. The monoisotopic (exact) mass is 231 g/mol. The van der Waals surface area contributed by atoms with Crippen LogP contribution in [-0.2, 0) is 6.54 Å². The van der Waals surface area contributed by atoms with Crippen LogP contribution in [0.5, 0.6) is 0 Å². The summed E-state index contributed by atoms with van der Waals surface area (Å²) < 4.78 is 0. The van der Waals surface area contributed by atoms with Gasteiger partial charge in [-0.1, -0.05) is 6.07 Å². The molecule has 0 aliphatic rings. The number of hydrazine groups is 1. The maximum absolute atomic E-state index is 5.53. The molecular formula is C10H13N7. The van der Waals surface area contributed by atoms with Gasteiger partial charge in [0.05, 0.1) is 0 Å². The first-order valence-electron chi connectivity index (χ1n) is 5.02. The molecule has 88 valence electrons. The Hall–Kier alpha value is -2.41. The molecule has 7 nitrogen and oxygen atoms in total. The fourth-order valence-corrected chi connectivity index (χ4v) is 1.33. The van der Waals surface area contributed by atoms with Crippen LogP contribution in [0.3, 0.4) is 0 Å². The second kappa shape index (κ2) is 5.08. The first-order chi connectivity index (χ1) is 8.28. The number of nitrogens with two attached hydrogens (primary N) is 2. The Labute approximate surface area is 98.3 Å². The molecule has 0 aromatic carbocycles. The Bertz CT molecular complexity index is 485. The van der Waals surface area contributed by atoms with Gasteiger partial charge in [-0.25, -0.2) is 5.84 Å². The minimum absolute atomic E-state index is 0.161. The van der Waals surface area contributed by atoms with Crippen molar-refractivity contribution >= 4 is 17.6 Å². The quantitative estimate of drug-likeness (QED) is 0.443. The molecule has 0 spiro atoms. The van der Waals surface area contributed by atoms with Crippen LogP contribution in [0.25, 0.3) is 0 Å². The number of hydrogen-bond donors (Lipinski definition) is 4. The lowest BCUT2D eigenvalue weighted by Gasteiger charge is -2.07. The van der Waals surface area contributed by atoms with Crippen LogP contribution in [0.15, 0.2) is 30.6 Å². The summed E-state index contributed by atoms with van der Waals surface area (Å²) in [6, 6.07) is 5.51. The van der Waals surface area contributed by atoms with Crippen molar-refractivity contribution in [1.82, 2.24) is 15.0 Å². The lowest BCUT2D eigenvalue weighted by molar-refractivity contribution is 1.07. The zero-order valence-corrected chi connectivity index (χ0v) is 9.09. The van der Waals surface area contributed by atoms with E-state index >= 15 is 0 Å². The highest BCUT2D eigenvalue weighted by Crippen LogP contribution is 2.12. The maximum Gasteiger partial charge on any atom is 0.223 e. The highest BCUT2D eigenvalue weighted by molar-refractivity contribution is 5.50. The van der Waals surface area contributed by atoms with E-state index in [0.29, 0.717) is 18.2 Å². The van der Waals surface area contributed by atoms with Crippen molar-refractivity contribution in [1.29, 1.82) is 0 Å². The van der Waals surface area contributed by atoms with E-state index in [0.717, 1.165) is 5.56 Å². The van der Waals surface area contributed by atoms with Crippen molar-refractivity contribution in [3.05, 3.63) is 36.2 Å². The van der Waals surface area contributed by atoms with Crippen LogP contribution in [0.4, 0.5) is 17.6 Å². The molecule has 0 aliphatic carbocycles. The Kier molecular flexibility index (Phi) is 3.31. The van der Waals surface area contributed by atoms with E-state index in [2.05, 4.69) is 25.7 Å². The van der Waals surface area contributed by atoms with Crippen LogP contribution < -0.4 is 22.3 Å². The molecule has 2 heterocycles. The zero-order valence-electron chi connectivity index (χ0n) is 9.09. The fraction of sp³-hybridized carbons (Fsp3) is 0.100. The molecule has 0 unspecified atom stereocenters. The van der Waals surface area contributed by atoms with Gasteiger partial charge in [0.1, 0.15) is 11.6 Å². The number of hydrogen-bond acceptors (Lipinski definition) is 7. The van der Waals surface area contributed by atoms with Gasteiger partial charge >= 0.3 is 0 Å². The third-order valence-corrected chi connectivity index (χ3v) is 2.09. The van der Waals surface area contributed by atoms with Gasteiger partial charge in [0.2, 0.25) is 5.95 Å². The maximum atomic E-state index is 5.53. The summed E-state index contributed by atoms with van der Waals surface area (Å²) in [5, 5.41) is 3.11. The fourth-order valence-electron chi connectivity index (χ4n) is 1.33. The van der Waals surface area contributed by atoms with Gasteiger partial charge in [0.15, 0.2) is 0 Å². The summed E-state index contributed by atoms with van der Waals surface area (Å²) in [7, 11) is 0. The van der Waals surface area contributed by atoms with Crippen molar-refractivity contribution in [2.75, 3.05) is 16.5 Å². The first kappa shape index (κ1) is 11.1. The molecule has 0 saturated carbocycles. The molecule has 17 heavy (non-hydrogen) atoms. The summed E-state index contributed by atoms with van der Waals surface area (Å²) in [6.07, 6.45) is 3.50. The second-order valence-corrected chi connectivity index (χ2v) is 3.36. The zero-order chi connectivity index (χ0) is 12.1. The Morgan fingerprint density at radius 1 is 1.24 bits per heavy atom. The number of anilines is 3. The molecule has 0 aliphatic heterocycles. The van der Waals surface area contributed by atoms with E-state index in [9.17, 15) is 0 Å². The Morgan fingerprint density at radius 3 is 2.76 bits per heavy atom. The smallest absolute Gasteiger partial charge is 0.223 e. The van der Waals surface area contributed by atoms with Crippen LogP contribution in [0, 0.1) is 0 Å². The van der Waals surface area contributed by atoms with Crippen LogP contribution in [0.2, 0.25) is 0 Å². The molecule has 0 fully saturated rings. The standard InChI is InChI=1S/C10H13N7/c11-10-15-8(4-9(16-10)17-12)14-6-7-2-1-3-13-5-7/h1-5H,6,12H2,(H4,11,14,15,16,17). The summed E-state index contributed by atoms with van der Waals surface area (Å²) >= 11 is 0. The molecule has 2 rings (SSSR count). The molecule has 2 aromatic heterocycles. The van der Waals surface area contributed by atoms with Crippen molar-refractivity contribution in [3.8, 4) is 0 Å². The van der Waals surface area contributed by atoms with Crippen molar-refractivity contribution in [2.24, 2.45) is 5.84 Å². The molecule has 0 atom stereocenters. The summed E-state index contributed by atoms with van der Waals surface area (Å²) in [6.45, 7) is 0.605. The molecule has 2 aromatic rings. The van der Waals surface area contributed by atoms with Crippen LogP contribution in [0.1, 0.15) is 5.56 Å². The van der Waals surface area contributed by atoms with E-state index in [1.54, 1.807) is 18.5 Å². The lowest BCUT2D eigenvalue weighted by Crippen LogP contribution is -2.12. The molecular weight excluding hydrogens is 218 g/mol. The highest BCUT2D eigenvalue weighted by atomic mass is 15.3. The van der Waals surface area contributed by atoms with Gasteiger partial charge in [-0.05, 0) is 11.6 Å². The summed E-state index contributed by atoms with van der Waals surface area (Å²) in [5.41, 5.74) is 9.00. The number of pyridine rings is 1. The van der Waals surface area contributed by atoms with Gasteiger partial charge in [-0.15, -0.1) is 0 Å². The predicted octanol–water partition coefficient (Wildman–Crippen LogP) is 0.351. The predicted molar refractivity (Wildman–Crippen MR) is 65.8 cm³/mol. The van der Waals surface area contributed by atoms with E-state index < -0.39 is 0 Å². The van der Waals surface area contributed by atoms with Crippen molar-refractivity contribution in [2.45, 2.75) is 6.54 Å². The average molecular weight is 231 g/mol. The van der Waals surface area contributed by atoms with E-state index in [1.807, 2.05) is 12.1 Å². The summed E-state index contributed by atoms with van der Waals surface area (Å²) in [4.78, 5) is 11.9. The first-order valence-corrected chi connectivity index (χ1v) is 5.02. The van der Waals surface area contributed by atoms with E-state index in [1.165, 1.54) is 0 Å². The third-order valence-electron chi connectivity index (χ3n) is 2.09. The number of nitrogens with zero attached hydrogens (tertiary/aromatic N) is 3. The van der Waals surface area contributed by atoms with Crippen LogP contribution >= 0.6 is 0 Å². The minimum Gasteiger partial charge on any atom is -0.368 e. The topological polar surface area (TPSA) is 115 Å². The highest BCUT2D eigenvalue weighted by Gasteiger charge is 2.01. The van der Waals surface area contributed by atoms with Gasteiger partial charge in [-0.2, -0.15) is 9.97 Å². The average Bonchev–Trinajstić information content (AvgIpc) is 2.37. The van der Waals surface area contributed by atoms with Gasteiger partial charge in [0, 0.05) is 25.0 Å². The SMILES string of the molecule is NNc1cc(NCc2cccnc2)nc(N)n1. The Morgan fingerprint density at radius 2 is 2.06 bits per heavy atom. The number of rotatable bonds is 4. The normalized spacial score (nSPS) is 9.94. The van der Waals surface area contributed by atoms with Crippen LogP contribution in [-0.4, -0.2) is 15.0 Å². The van der Waals surface area contributed by atoms with Crippen molar-refractivity contribution < 1.29 is 0 Å². The lowest BCUT2D eigenvalue weighted by atomic mass is 10.3.